The highest BCUT2D eigenvalue weighted by atomic mass is 16.5. The predicted molar refractivity (Wildman–Crippen MR) is 79.7 cm³/mol. The Kier molecular flexibility index (Phi) is 5.15. The minimum atomic E-state index is -0.641. The number of rotatable bonds is 5. The van der Waals surface area contributed by atoms with Gasteiger partial charge in [0.15, 0.2) is 0 Å². The second-order valence-electron chi connectivity index (χ2n) is 5.44. The van der Waals surface area contributed by atoms with Gasteiger partial charge in [0.1, 0.15) is 5.60 Å². The van der Waals surface area contributed by atoms with Crippen molar-refractivity contribution in [3.05, 3.63) is 35.4 Å². The summed E-state index contributed by atoms with van der Waals surface area (Å²) in [6.45, 7) is 4.40. The molecule has 2 rings (SSSR count). The molecular weight excluding hydrogens is 252 g/mol. The molecule has 4 nitrogen and oxygen atoms in total. The molecule has 110 valence electrons. The highest BCUT2D eigenvalue weighted by molar-refractivity contribution is 5.85. The molecule has 0 aliphatic carbocycles. The van der Waals surface area contributed by atoms with Crippen molar-refractivity contribution < 1.29 is 9.53 Å². The van der Waals surface area contributed by atoms with E-state index in [1.807, 2.05) is 0 Å². The molecule has 0 spiro atoms. The van der Waals surface area contributed by atoms with Crippen LogP contribution in [0.3, 0.4) is 0 Å². The Morgan fingerprint density at radius 3 is 2.80 bits per heavy atom. The molecule has 0 unspecified atom stereocenters. The van der Waals surface area contributed by atoms with Crippen molar-refractivity contribution >= 4 is 5.91 Å². The Morgan fingerprint density at radius 1 is 1.40 bits per heavy atom. The number of carbonyl (C=O) groups is 1. The van der Waals surface area contributed by atoms with Crippen LogP contribution in [0.1, 0.15) is 24.0 Å². The zero-order valence-corrected chi connectivity index (χ0v) is 12.4. The lowest BCUT2D eigenvalue weighted by molar-refractivity contribution is -0.146. The highest BCUT2D eigenvalue weighted by Crippen LogP contribution is 2.22. The smallest absolute Gasteiger partial charge is 0.252 e. The maximum atomic E-state index is 12.3. The summed E-state index contributed by atoms with van der Waals surface area (Å²) in [4.78, 5) is 12.3. The van der Waals surface area contributed by atoms with E-state index >= 15 is 0 Å². The molecule has 1 aliphatic rings. The van der Waals surface area contributed by atoms with Crippen molar-refractivity contribution in [3.8, 4) is 0 Å². The van der Waals surface area contributed by atoms with Crippen LogP contribution in [0.25, 0.3) is 0 Å². The first kappa shape index (κ1) is 15.0. The molecule has 1 saturated heterocycles. The summed E-state index contributed by atoms with van der Waals surface area (Å²) in [6, 6.07) is 8.38. The third kappa shape index (κ3) is 3.58. The van der Waals surface area contributed by atoms with E-state index in [2.05, 4.69) is 41.8 Å². The number of carbonyl (C=O) groups excluding carboxylic acids is 1. The largest absolute Gasteiger partial charge is 0.368 e. The molecular formula is C16H24N2O2. The minimum Gasteiger partial charge on any atom is -0.368 e. The van der Waals surface area contributed by atoms with Gasteiger partial charge in [-0.3, -0.25) is 4.79 Å². The van der Waals surface area contributed by atoms with Gasteiger partial charge in [-0.25, -0.2) is 0 Å². The van der Waals surface area contributed by atoms with E-state index in [4.69, 9.17) is 4.74 Å². The van der Waals surface area contributed by atoms with E-state index in [9.17, 15) is 4.79 Å². The number of piperidine rings is 1. The topological polar surface area (TPSA) is 50.4 Å². The van der Waals surface area contributed by atoms with Crippen molar-refractivity contribution in [3.63, 3.8) is 0 Å². The molecule has 0 radical (unpaired) electrons. The summed E-state index contributed by atoms with van der Waals surface area (Å²) in [5.74, 6) is 0.0224. The molecule has 1 aromatic carbocycles. The summed E-state index contributed by atoms with van der Waals surface area (Å²) in [6.07, 6.45) is 2.32. The number of ether oxygens (including phenoxy) is 1. The van der Waals surface area contributed by atoms with Crippen molar-refractivity contribution in [1.82, 2.24) is 10.6 Å². The Balaban J connectivity index is 1.85. The van der Waals surface area contributed by atoms with Gasteiger partial charge in [0.05, 0.1) is 0 Å². The number of nitrogens with one attached hydrogen (secondary N) is 2. The molecule has 0 aromatic heterocycles. The Labute approximate surface area is 120 Å². The standard InChI is InChI=1S/C16H24N2O2/c1-13-4-3-5-14(12-13)6-9-18-15(19)16(20-2)7-10-17-11-8-16/h3-5,12,17H,6-11H2,1-2H3,(H,18,19). The minimum absolute atomic E-state index is 0.0224. The highest BCUT2D eigenvalue weighted by Gasteiger charge is 2.39. The normalized spacial score (nSPS) is 17.7. The third-order valence-corrected chi connectivity index (χ3v) is 4.00. The molecule has 0 bridgehead atoms. The fraction of sp³-hybridized carbons (Fsp3) is 0.562. The molecule has 2 N–H and O–H groups in total. The zero-order chi connectivity index (χ0) is 14.4. The lowest BCUT2D eigenvalue weighted by Crippen LogP contribution is -2.54. The monoisotopic (exact) mass is 276 g/mol. The molecule has 1 aromatic rings. The van der Waals surface area contributed by atoms with Crippen LogP contribution in [0.5, 0.6) is 0 Å². The van der Waals surface area contributed by atoms with Crippen LogP contribution in [0.15, 0.2) is 24.3 Å². The third-order valence-electron chi connectivity index (χ3n) is 4.00. The molecule has 0 saturated carbocycles. The molecule has 4 heteroatoms. The zero-order valence-electron chi connectivity index (χ0n) is 12.4. The Hall–Kier alpha value is -1.39. The molecule has 1 heterocycles. The maximum absolute atomic E-state index is 12.3. The van der Waals surface area contributed by atoms with Crippen LogP contribution in [-0.2, 0) is 16.0 Å². The fourth-order valence-electron chi connectivity index (χ4n) is 2.70. The summed E-state index contributed by atoms with van der Waals surface area (Å²) in [5, 5.41) is 6.28. The summed E-state index contributed by atoms with van der Waals surface area (Å²) >= 11 is 0. The van der Waals surface area contributed by atoms with Gasteiger partial charge < -0.3 is 15.4 Å². The van der Waals surface area contributed by atoms with Gasteiger partial charge in [0, 0.05) is 13.7 Å². The SMILES string of the molecule is COC1(C(=O)NCCc2cccc(C)c2)CCNCC1. The second kappa shape index (κ2) is 6.86. The molecule has 20 heavy (non-hydrogen) atoms. The van der Waals surface area contributed by atoms with E-state index in [0.29, 0.717) is 6.54 Å². The average Bonchev–Trinajstić information content (AvgIpc) is 2.48. The first-order valence-electron chi connectivity index (χ1n) is 7.26. The average molecular weight is 276 g/mol. The van der Waals surface area contributed by atoms with Gasteiger partial charge >= 0.3 is 0 Å². The van der Waals surface area contributed by atoms with E-state index in [1.54, 1.807) is 7.11 Å². The first-order chi connectivity index (χ1) is 9.66. The first-order valence-corrected chi connectivity index (χ1v) is 7.26. The van der Waals surface area contributed by atoms with Gasteiger partial charge in [-0.15, -0.1) is 0 Å². The van der Waals surface area contributed by atoms with Crippen LogP contribution in [0, 0.1) is 6.92 Å². The van der Waals surface area contributed by atoms with Crippen molar-refractivity contribution in [2.24, 2.45) is 0 Å². The summed E-state index contributed by atoms with van der Waals surface area (Å²) in [7, 11) is 1.63. The molecule has 1 fully saturated rings. The quantitative estimate of drug-likeness (QED) is 0.855. The molecule has 1 aliphatic heterocycles. The van der Waals surface area contributed by atoms with Crippen molar-refractivity contribution in [1.29, 1.82) is 0 Å². The van der Waals surface area contributed by atoms with Gasteiger partial charge in [0.25, 0.3) is 5.91 Å². The predicted octanol–water partition coefficient (Wildman–Crippen LogP) is 1.42. The number of aryl methyl sites for hydroxylation is 1. The lowest BCUT2D eigenvalue weighted by atomic mass is 9.91. The van der Waals surface area contributed by atoms with Gasteiger partial charge in [-0.1, -0.05) is 29.8 Å². The fourth-order valence-corrected chi connectivity index (χ4v) is 2.70. The molecule has 0 atom stereocenters. The Morgan fingerprint density at radius 2 is 2.15 bits per heavy atom. The van der Waals surface area contributed by atoms with Gasteiger partial charge in [-0.2, -0.15) is 0 Å². The molecule has 1 amide bonds. The number of hydrogen-bond acceptors (Lipinski definition) is 3. The van der Waals surface area contributed by atoms with Crippen LogP contribution in [0.2, 0.25) is 0 Å². The lowest BCUT2D eigenvalue weighted by Gasteiger charge is -2.34. The second-order valence-corrected chi connectivity index (χ2v) is 5.44. The van der Waals surface area contributed by atoms with E-state index in [1.165, 1.54) is 11.1 Å². The van der Waals surface area contributed by atoms with E-state index in [0.717, 1.165) is 32.4 Å². The Bertz CT molecular complexity index is 454. The van der Waals surface area contributed by atoms with Crippen LogP contribution in [0.4, 0.5) is 0 Å². The number of hydrogen-bond donors (Lipinski definition) is 2. The van der Waals surface area contributed by atoms with E-state index < -0.39 is 5.60 Å². The number of methoxy groups -OCH3 is 1. The summed E-state index contributed by atoms with van der Waals surface area (Å²) < 4.78 is 5.51. The van der Waals surface area contributed by atoms with Crippen molar-refractivity contribution in [2.45, 2.75) is 31.8 Å². The van der Waals surface area contributed by atoms with E-state index in [-0.39, 0.29) is 5.91 Å². The van der Waals surface area contributed by atoms with Crippen LogP contribution < -0.4 is 10.6 Å². The van der Waals surface area contributed by atoms with Gasteiger partial charge in [-0.05, 0) is 44.8 Å². The summed E-state index contributed by atoms with van der Waals surface area (Å²) in [5.41, 5.74) is 1.86. The number of amides is 1. The van der Waals surface area contributed by atoms with Crippen LogP contribution in [-0.4, -0.2) is 38.3 Å². The number of benzene rings is 1. The van der Waals surface area contributed by atoms with Gasteiger partial charge in [0.2, 0.25) is 0 Å². The van der Waals surface area contributed by atoms with Crippen molar-refractivity contribution in [2.75, 3.05) is 26.7 Å². The van der Waals surface area contributed by atoms with Crippen LogP contribution >= 0.6 is 0 Å². The maximum Gasteiger partial charge on any atom is 0.252 e.